The van der Waals surface area contributed by atoms with Gasteiger partial charge < -0.3 is 5.32 Å². The van der Waals surface area contributed by atoms with Gasteiger partial charge in [0.25, 0.3) is 0 Å². The third kappa shape index (κ3) is 3.33. The molecule has 0 radical (unpaired) electrons. The van der Waals surface area contributed by atoms with E-state index in [9.17, 15) is 4.79 Å². The van der Waals surface area contributed by atoms with Crippen molar-refractivity contribution in [3.8, 4) is 6.07 Å². The first kappa shape index (κ1) is 13.6. The fourth-order valence-electron chi connectivity index (χ4n) is 2.50. The van der Waals surface area contributed by atoms with Gasteiger partial charge in [-0.2, -0.15) is 5.26 Å². The van der Waals surface area contributed by atoms with Gasteiger partial charge in [-0.25, -0.2) is 0 Å². The lowest BCUT2D eigenvalue weighted by Gasteiger charge is -2.31. The fraction of sp³-hybridized carbons (Fsp3) is 0.467. The smallest absolute Gasteiger partial charge is 0.238 e. The van der Waals surface area contributed by atoms with Crippen LogP contribution in [-0.2, 0) is 11.3 Å². The number of nitrogens with zero attached hydrogens (tertiary/aromatic N) is 2. The summed E-state index contributed by atoms with van der Waals surface area (Å²) in [5.74, 6) is -0.0261. The molecule has 0 aromatic heterocycles. The Kier molecular flexibility index (Phi) is 4.53. The lowest BCUT2D eigenvalue weighted by atomic mass is 10.1. The number of amides is 1. The van der Waals surface area contributed by atoms with Gasteiger partial charge in [-0.3, -0.25) is 9.69 Å². The molecular formula is C15H19N3O. The van der Waals surface area contributed by atoms with Gasteiger partial charge in [0.2, 0.25) is 5.91 Å². The Bertz CT molecular complexity index is 466. The van der Waals surface area contributed by atoms with E-state index >= 15 is 0 Å². The van der Waals surface area contributed by atoms with Crippen LogP contribution in [0.25, 0.3) is 0 Å². The van der Waals surface area contributed by atoms with Crippen LogP contribution in [0.3, 0.4) is 0 Å². The van der Waals surface area contributed by atoms with Crippen molar-refractivity contribution in [2.45, 2.75) is 38.4 Å². The molecule has 0 aliphatic carbocycles. The number of hydrogen-bond acceptors (Lipinski definition) is 3. The Balaban J connectivity index is 2.20. The van der Waals surface area contributed by atoms with Crippen molar-refractivity contribution >= 4 is 5.91 Å². The molecule has 4 heteroatoms. The van der Waals surface area contributed by atoms with Gasteiger partial charge in [0.05, 0.1) is 12.5 Å². The SMILES string of the molecule is CC1CCNC(=O)C(CC#N)N1Cc1ccccc1. The quantitative estimate of drug-likeness (QED) is 0.896. The predicted octanol–water partition coefficient (Wildman–Crippen LogP) is 1.68. The maximum atomic E-state index is 12.0. The van der Waals surface area contributed by atoms with Crippen LogP contribution < -0.4 is 5.32 Å². The first-order valence-electron chi connectivity index (χ1n) is 6.66. The topological polar surface area (TPSA) is 56.1 Å². The maximum Gasteiger partial charge on any atom is 0.238 e. The average molecular weight is 257 g/mol. The zero-order valence-electron chi connectivity index (χ0n) is 11.2. The zero-order chi connectivity index (χ0) is 13.7. The normalized spacial score (nSPS) is 24.3. The summed E-state index contributed by atoms with van der Waals surface area (Å²) < 4.78 is 0. The minimum absolute atomic E-state index is 0.0261. The van der Waals surface area contributed by atoms with Gasteiger partial charge in [-0.1, -0.05) is 30.3 Å². The molecule has 1 aliphatic heterocycles. The molecular weight excluding hydrogens is 238 g/mol. The lowest BCUT2D eigenvalue weighted by Crippen LogP contribution is -2.46. The van der Waals surface area contributed by atoms with Crippen molar-refractivity contribution in [1.29, 1.82) is 5.26 Å². The van der Waals surface area contributed by atoms with Gasteiger partial charge in [-0.05, 0) is 18.9 Å². The maximum absolute atomic E-state index is 12.0. The third-order valence-corrected chi connectivity index (χ3v) is 3.62. The van der Waals surface area contributed by atoms with Crippen molar-refractivity contribution in [1.82, 2.24) is 10.2 Å². The molecule has 1 aromatic rings. The average Bonchev–Trinajstić information content (AvgIpc) is 2.54. The van der Waals surface area contributed by atoms with Crippen molar-refractivity contribution in [2.24, 2.45) is 0 Å². The summed E-state index contributed by atoms with van der Waals surface area (Å²) in [6.45, 7) is 3.52. The summed E-state index contributed by atoms with van der Waals surface area (Å²) in [5.41, 5.74) is 1.17. The number of benzene rings is 1. The second kappa shape index (κ2) is 6.35. The second-order valence-electron chi connectivity index (χ2n) is 4.96. The van der Waals surface area contributed by atoms with Crippen molar-refractivity contribution < 1.29 is 4.79 Å². The number of hydrogen-bond donors (Lipinski definition) is 1. The van der Waals surface area contributed by atoms with Gasteiger partial charge in [-0.15, -0.1) is 0 Å². The highest BCUT2D eigenvalue weighted by Crippen LogP contribution is 2.18. The van der Waals surface area contributed by atoms with Crippen LogP contribution >= 0.6 is 0 Å². The van der Waals surface area contributed by atoms with E-state index in [1.165, 1.54) is 5.56 Å². The van der Waals surface area contributed by atoms with Gasteiger partial charge in [0, 0.05) is 19.1 Å². The number of nitriles is 1. The van der Waals surface area contributed by atoms with Crippen LogP contribution in [0, 0.1) is 11.3 Å². The molecule has 0 spiro atoms. The molecule has 19 heavy (non-hydrogen) atoms. The highest BCUT2D eigenvalue weighted by atomic mass is 16.2. The summed E-state index contributed by atoms with van der Waals surface area (Å²) in [5, 5.41) is 11.8. The number of carbonyl (C=O) groups is 1. The van der Waals surface area contributed by atoms with Crippen molar-refractivity contribution in [3.05, 3.63) is 35.9 Å². The van der Waals surface area contributed by atoms with E-state index in [1.807, 2.05) is 18.2 Å². The number of carbonyl (C=O) groups excluding carboxylic acids is 1. The molecule has 1 N–H and O–H groups in total. The minimum Gasteiger partial charge on any atom is -0.355 e. The van der Waals surface area contributed by atoms with E-state index in [2.05, 4.69) is 35.3 Å². The molecule has 4 nitrogen and oxygen atoms in total. The molecule has 1 saturated heterocycles. The molecule has 1 amide bonds. The van der Waals surface area contributed by atoms with E-state index in [4.69, 9.17) is 5.26 Å². The summed E-state index contributed by atoms with van der Waals surface area (Å²) in [6, 6.07) is 12.2. The monoisotopic (exact) mass is 257 g/mol. The van der Waals surface area contributed by atoms with E-state index in [1.54, 1.807) is 0 Å². The largest absolute Gasteiger partial charge is 0.355 e. The van der Waals surface area contributed by atoms with Crippen molar-refractivity contribution in [3.63, 3.8) is 0 Å². The Hall–Kier alpha value is -1.86. The molecule has 0 saturated carbocycles. The Morgan fingerprint density at radius 2 is 2.16 bits per heavy atom. The van der Waals surface area contributed by atoms with Gasteiger partial charge in [0.15, 0.2) is 0 Å². The predicted molar refractivity (Wildman–Crippen MR) is 73.1 cm³/mol. The van der Waals surface area contributed by atoms with Crippen LogP contribution in [0.15, 0.2) is 30.3 Å². The van der Waals surface area contributed by atoms with Crippen LogP contribution in [0.1, 0.15) is 25.3 Å². The molecule has 1 aliphatic rings. The molecule has 2 atom stereocenters. The van der Waals surface area contributed by atoms with Gasteiger partial charge in [0.1, 0.15) is 6.04 Å². The fourth-order valence-corrected chi connectivity index (χ4v) is 2.50. The van der Waals surface area contributed by atoms with Crippen LogP contribution in [0.2, 0.25) is 0 Å². The van der Waals surface area contributed by atoms with E-state index < -0.39 is 0 Å². The van der Waals surface area contributed by atoms with E-state index in [0.29, 0.717) is 13.1 Å². The molecule has 1 fully saturated rings. The van der Waals surface area contributed by atoms with Crippen LogP contribution in [-0.4, -0.2) is 29.4 Å². The Morgan fingerprint density at radius 1 is 1.42 bits per heavy atom. The summed E-state index contributed by atoms with van der Waals surface area (Å²) in [6.07, 6.45) is 1.16. The molecule has 2 unspecified atom stereocenters. The lowest BCUT2D eigenvalue weighted by molar-refractivity contribution is -0.126. The zero-order valence-corrected chi connectivity index (χ0v) is 11.2. The number of rotatable bonds is 3. The number of nitrogens with one attached hydrogen (secondary N) is 1. The molecule has 100 valence electrons. The Labute approximate surface area is 114 Å². The highest BCUT2D eigenvalue weighted by molar-refractivity contribution is 5.82. The standard InChI is InChI=1S/C15H19N3O/c1-12-8-10-17-15(19)14(7-9-16)18(12)11-13-5-3-2-4-6-13/h2-6,12,14H,7-8,10-11H2,1H3,(H,17,19). The Morgan fingerprint density at radius 3 is 2.84 bits per heavy atom. The van der Waals surface area contributed by atoms with Crippen LogP contribution in [0.5, 0.6) is 0 Å². The van der Waals surface area contributed by atoms with Crippen molar-refractivity contribution in [2.75, 3.05) is 6.54 Å². The molecule has 1 heterocycles. The summed E-state index contributed by atoms with van der Waals surface area (Å²) in [4.78, 5) is 14.2. The molecule has 1 aromatic carbocycles. The first-order chi connectivity index (χ1) is 9.22. The van der Waals surface area contributed by atoms with E-state index in [0.717, 1.165) is 6.42 Å². The summed E-state index contributed by atoms with van der Waals surface area (Å²) in [7, 11) is 0. The molecule has 0 bridgehead atoms. The van der Waals surface area contributed by atoms with Crippen LogP contribution in [0.4, 0.5) is 0 Å². The van der Waals surface area contributed by atoms with Gasteiger partial charge >= 0.3 is 0 Å². The third-order valence-electron chi connectivity index (χ3n) is 3.62. The summed E-state index contributed by atoms with van der Waals surface area (Å²) >= 11 is 0. The molecule has 2 rings (SSSR count). The first-order valence-corrected chi connectivity index (χ1v) is 6.66. The minimum atomic E-state index is -0.345. The van der Waals surface area contributed by atoms with E-state index in [-0.39, 0.29) is 24.4 Å². The highest BCUT2D eigenvalue weighted by Gasteiger charge is 2.31. The second-order valence-corrected chi connectivity index (χ2v) is 4.96.